The Bertz CT molecular complexity index is 1270. The molecule has 1 aliphatic rings. The van der Waals surface area contributed by atoms with Gasteiger partial charge in [0.1, 0.15) is 11.9 Å². The van der Waals surface area contributed by atoms with Crippen molar-refractivity contribution in [3.8, 4) is 11.5 Å². The topological polar surface area (TPSA) is 80.0 Å². The summed E-state index contributed by atoms with van der Waals surface area (Å²) in [6.45, 7) is 0. The van der Waals surface area contributed by atoms with Crippen molar-refractivity contribution in [2.45, 2.75) is 6.04 Å². The predicted molar refractivity (Wildman–Crippen MR) is 116 cm³/mol. The van der Waals surface area contributed by atoms with Crippen molar-refractivity contribution < 1.29 is 13.6 Å². The third-order valence-corrected chi connectivity index (χ3v) is 4.97. The zero-order valence-corrected chi connectivity index (χ0v) is 16.2. The highest BCUT2D eigenvalue weighted by molar-refractivity contribution is 6.05. The fourth-order valence-electron chi connectivity index (χ4n) is 3.47. The molecule has 0 unspecified atom stereocenters. The number of halogens is 1. The number of hydrogen-bond donors (Lipinski definition) is 2. The summed E-state index contributed by atoms with van der Waals surface area (Å²) in [5.74, 6) is -0.373. The highest BCUT2D eigenvalue weighted by atomic mass is 19.1. The molecule has 0 radical (unpaired) electrons. The van der Waals surface area contributed by atoms with Crippen LogP contribution in [0.15, 0.2) is 89.4 Å². The van der Waals surface area contributed by atoms with Gasteiger partial charge >= 0.3 is 6.01 Å². The van der Waals surface area contributed by atoms with E-state index >= 15 is 0 Å². The molecule has 1 aliphatic heterocycles. The maximum Gasteiger partial charge on any atom is 0.316 e. The molecule has 0 fully saturated rings. The maximum absolute atomic E-state index is 13.2. The lowest BCUT2D eigenvalue weighted by Crippen LogP contribution is -2.32. The van der Waals surface area contributed by atoms with Crippen molar-refractivity contribution in [3.63, 3.8) is 0 Å². The molecule has 0 bridgehead atoms. The Kier molecular flexibility index (Phi) is 4.76. The fourth-order valence-corrected chi connectivity index (χ4v) is 3.47. The van der Waals surface area contributed by atoms with Gasteiger partial charge in [-0.2, -0.15) is 0 Å². The first kappa shape index (κ1) is 18.7. The Morgan fingerprint density at radius 3 is 2.42 bits per heavy atom. The Labute approximate surface area is 177 Å². The third kappa shape index (κ3) is 3.81. The number of anilines is 2. The molecule has 152 valence electrons. The number of para-hydroxylation sites is 1. The van der Waals surface area contributed by atoms with E-state index < -0.39 is 6.04 Å². The fraction of sp³-hybridized carbons (Fsp3) is 0.0417. The Balaban J connectivity index is 1.49. The minimum Gasteiger partial charge on any atom is -0.403 e. The summed E-state index contributed by atoms with van der Waals surface area (Å²) >= 11 is 0. The van der Waals surface area contributed by atoms with E-state index in [2.05, 4.69) is 20.8 Å². The third-order valence-electron chi connectivity index (χ3n) is 4.97. The van der Waals surface area contributed by atoms with E-state index in [1.807, 2.05) is 60.7 Å². The zero-order valence-electron chi connectivity index (χ0n) is 16.2. The van der Waals surface area contributed by atoms with Crippen molar-refractivity contribution in [2.24, 2.45) is 0 Å². The van der Waals surface area contributed by atoms with Crippen LogP contribution in [0.2, 0.25) is 0 Å². The quantitative estimate of drug-likeness (QED) is 0.506. The van der Waals surface area contributed by atoms with Gasteiger partial charge in [0.15, 0.2) is 0 Å². The molecular weight excluding hydrogens is 395 g/mol. The summed E-state index contributed by atoms with van der Waals surface area (Å²) in [5.41, 5.74) is 4.12. The van der Waals surface area contributed by atoms with E-state index in [4.69, 9.17) is 4.42 Å². The van der Waals surface area contributed by atoms with Gasteiger partial charge in [0, 0.05) is 16.8 Å². The first-order chi connectivity index (χ1) is 15.2. The molecule has 0 saturated carbocycles. The number of amides is 1. The second-order valence-corrected chi connectivity index (χ2v) is 7.02. The second kappa shape index (κ2) is 7.87. The van der Waals surface area contributed by atoms with Gasteiger partial charge in [0.25, 0.3) is 5.91 Å². The van der Waals surface area contributed by atoms with Crippen LogP contribution in [0.1, 0.15) is 11.1 Å². The van der Waals surface area contributed by atoms with Gasteiger partial charge in [-0.25, -0.2) is 4.39 Å². The smallest absolute Gasteiger partial charge is 0.316 e. The van der Waals surface area contributed by atoms with Crippen molar-refractivity contribution in [3.05, 3.63) is 102 Å². The predicted octanol–water partition coefficient (Wildman–Crippen LogP) is 4.74. The van der Waals surface area contributed by atoms with Gasteiger partial charge in [-0.1, -0.05) is 53.6 Å². The molecule has 2 heterocycles. The number of aromatic nitrogens is 2. The lowest BCUT2D eigenvalue weighted by atomic mass is 9.96. The summed E-state index contributed by atoms with van der Waals surface area (Å²) in [5, 5.41) is 13.9. The Hall–Kier alpha value is -4.26. The lowest BCUT2D eigenvalue weighted by Gasteiger charge is -2.11. The van der Waals surface area contributed by atoms with Crippen molar-refractivity contribution in [1.82, 2.24) is 10.2 Å². The van der Waals surface area contributed by atoms with Crippen LogP contribution in [0.5, 0.6) is 0 Å². The first-order valence-electron chi connectivity index (χ1n) is 9.71. The van der Waals surface area contributed by atoms with Crippen LogP contribution < -0.4 is 10.6 Å². The van der Waals surface area contributed by atoms with Gasteiger partial charge in [-0.3, -0.25) is 4.79 Å². The van der Waals surface area contributed by atoms with Crippen molar-refractivity contribution >= 4 is 23.2 Å². The number of fused-ring (bicyclic) bond motifs is 1. The molecule has 5 rings (SSSR count). The Morgan fingerprint density at radius 2 is 1.61 bits per heavy atom. The average molecular weight is 412 g/mol. The normalized spacial score (nSPS) is 15.5. The monoisotopic (exact) mass is 412 g/mol. The van der Waals surface area contributed by atoms with Gasteiger partial charge in [0.05, 0.1) is 0 Å². The van der Waals surface area contributed by atoms with Crippen LogP contribution in [-0.2, 0) is 4.79 Å². The van der Waals surface area contributed by atoms with Crippen LogP contribution in [0, 0.1) is 5.82 Å². The molecule has 3 aromatic carbocycles. The highest BCUT2D eigenvalue weighted by Crippen LogP contribution is 2.33. The van der Waals surface area contributed by atoms with Gasteiger partial charge in [0.2, 0.25) is 5.89 Å². The van der Waals surface area contributed by atoms with Crippen LogP contribution in [-0.4, -0.2) is 22.1 Å². The number of carbonyl (C=O) groups is 1. The summed E-state index contributed by atoms with van der Waals surface area (Å²) in [4.78, 5) is 12.9. The Morgan fingerprint density at radius 1 is 0.871 bits per heavy atom. The molecule has 31 heavy (non-hydrogen) atoms. The maximum atomic E-state index is 13.2. The molecule has 1 amide bonds. The largest absolute Gasteiger partial charge is 0.403 e. The minimum absolute atomic E-state index is 0.0918. The van der Waals surface area contributed by atoms with E-state index in [9.17, 15) is 9.18 Å². The molecule has 2 N–H and O–H groups in total. The standard InChI is InChI=1S/C24H17FN4O2/c25-17-12-10-16(11-13-17)23-28-29-24(31-23)27-21-14-19(15-6-2-1-3-7-15)18-8-4-5-9-20(18)26-22(21)30/h1-14,21H,(H,26,30)(H,27,29)/t21-/m0/s1. The van der Waals surface area contributed by atoms with Crippen LogP contribution in [0.25, 0.3) is 17.0 Å². The first-order valence-corrected chi connectivity index (χ1v) is 9.71. The minimum atomic E-state index is -0.746. The molecular formula is C24H17FN4O2. The zero-order chi connectivity index (χ0) is 21.2. The summed E-state index contributed by atoms with van der Waals surface area (Å²) in [6.07, 6.45) is 1.85. The molecule has 7 heteroatoms. The molecule has 6 nitrogen and oxygen atoms in total. The number of hydrogen-bond acceptors (Lipinski definition) is 5. The average Bonchev–Trinajstić information content (AvgIpc) is 3.21. The number of nitrogens with one attached hydrogen (secondary N) is 2. The molecule has 4 aromatic rings. The summed E-state index contributed by atoms with van der Waals surface area (Å²) in [6, 6.07) is 22.6. The summed E-state index contributed by atoms with van der Waals surface area (Å²) in [7, 11) is 0. The van der Waals surface area contributed by atoms with E-state index in [1.165, 1.54) is 12.1 Å². The van der Waals surface area contributed by atoms with Gasteiger partial charge in [-0.15, -0.1) is 5.10 Å². The number of carbonyl (C=O) groups excluding carboxylic acids is 1. The van der Waals surface area contributed by atoms with Crippen LogP contribution in [0.4, 0.5) is 16.1 Å². The molecule has 0 spiro atoms. The molecule has 1 atom stereocenters. The second-order valence-electron chi connectivity index (χ2n) is 7.02. The van der Waals surface area contributed by atoms with E-state index in [1.54, 1.807) is 12.1 Å². The molecule has 0 saturated heterocycles. The number of nitrogens with zero attached hydrogens (tertiary/aromatic N) is 2. The van der Waals surface area contributed by atoms with Crippen molar-refractivity contribution in [2.75, 3.05) is 10.6 Å². The van der Waals surface area contributed by atoms with E-state index in [0.717, 1.165) is 22.4 Å². The van der Waals surface area contributed by atoms with Gasteiger partial charge in [-0.05, 0) is 47.5 Å². The highest BCUT2D eigenvalue weighted by Gasteiger charge is 2.25. The number of rotatable bonds is 4. The SMILES string of the molecule is O=C1Nc2ccccc2C(c2ccccc2)=C[C@@H]1Nc1nnc(-c2ccc(F)cc2)o1. The van der Waals surface area contributed by atoms with E-state index in [0.29, 0.717) is 5.56 Å². The molecule has 1 aromatic heterocycles. The van der Waals surface area contributed by atoms with Gasteiger partial charge < -0.3 is 15.1 Å². The number of benzene rings is 3. The lowest BCUT2D eigenvalue weighted by molar-refractivity contribution is -0.116. The molecule has 0 aliphatic carbocycles. The van der Waals surface area contributed by atoms with Crippen LogP contribution in [0.3, 0.4) is 0 Å². The summed E-state index contributed by atoms with van der Waals surface area (Å²) < 4.78 is 18.8. The van der Waals surface area contributed by atoms with E-state index in [-0.39, 0.29) is 23.6 Å². The van der Waals surface area contributed by atoms with Crippen molar-refractivity contribution in [1.29, 1.82) is 0 Å². The van der Waals surface area contributed by atoms with Crippen LogP contribution >= 0.6 is 0 Å².